The van der Waals surface area contributed by atoms with E-state index in [1.165, 1.54) is 12.8 Å². The van der Waals surface area contributed by atoms with E-state index in [1.54, 1.807) is 12.1 Å². The Balaban J connectivity index is 2.63. The molecule has 0 radical (unpaired) electrons. The number of nitrogens with zero attached hydrogens (tertiary/aromatic N) is 2. The summed E-state index contributed by atoms with van der Waals surface area (Å²) in [5, 5.41) is 11.1. The van der Waals surface area contributed by atoms with Crippen LogP contribution in [-0.2, 0) is 6.42 Å². The fourth-order valence-corrected chi connectivity index (χ4v) is 2.40. The van der Waals surface area contributed by atoms with E-state index in [9.17, 15) is 10.1 Å². The Morgan fingerprint density at radius 3 is 2.05 bits per heavy atom. The Morgan fingerprint density at radius 2 is 1.55 bits per heavy atom. The summed E-state index contributed by atoms with van der Waals surface area (Å²) in [4.78, 5) is 13.3. The van der Waals surface area contributed by atoms with E-state index in [0.717, 1.165) is 31.6 Å². The van der Waals surface area contributed by atoms with Crippen LogP contribution in [0.25, 0.3) is 0 Å². The molecule has 0 aliphatic heterocycles. The molecule has 0 aliphatic carbocycles. The molecule has 1 rings (SSSR count). The van der Waals surface area contributed by atoms with Gasteiger partial charge >= 0.3 is 0 Å². The normalized spacial score (nSPS) is 11.6. The van der Waals surface area contributed by atoms with Gasteiger partial charge in [-0.1, -0.05) is 45.9 Å². The Morgan fingerprint density at radius 1 is 1.00 bits per heavy atom. The van der Waals surface area contributed by atoms with E-state index in [4.69, 9.17) is 0 Å². The highest BCUT2D eigenvalue weighted by Gasteiger charge is 2.14. The summed E-state index contributed by atoms with van der Waals surface area (Å²) in [7, 11) is 0. The number of benzene rings is 1. The molecule has 4 nitrogen and oxygen atoms in total. The Hall–Kier alpha value is -1.42. The number of rotatable bonds is 10. The number of nitro groups is 1. The zero-order valence-electron chi connectivity index (χ0n) is 14.4. The summed E-state index contributed by atoms with van der Waals surface area (Å²) < 4.78 is 0. The molecule has 0 heterocycles. The average molecular weight is 306 g/mol. The second kappa shape index (κ2) is 9.57. The van der Waals surface area contributed by atoms with Crippen molar-refractivity contribution in [2.24, 2.45) is 11.8 Å². The van der Waals surface area contributed by atoms with E-state index in [1.807, 2.05) is 12.1 Å². The van der Waals surface area contributed by atoms with Crippen molar-refractivity contribution in [3.8, 4) is 0 Å². The first-order valence-electron chi connectivity index (χ1n) is 8.34. The Bertz CT molecular complexity index is 446. The summed E-state index contributed by atoms with van der Waals surface area (Å²) in [6.07, 6.45) is 3.09. The van der Waals surface area contributed by atoms with E-state index in [0.29, 0.717) is 11.8 Å². The minimum atomic E-state index is -0.276. The van der Waals surface area contributed by atoms with Crippen LogP contribution in [0, 0.1) is 22.0 Å². The third kappa shape index (κ3) is 7.03. The van der Waals surface area contributed by atoms with Crippen molar-refractivity contribution < 1.29 is 4.92 Å². The number of nitro benzene ring substituents is 1. The van der Waals surface area contributed by atoms with E-state index < -0.39 is 0 Å². The van der Waals surface area contributed by atoms with Gasteiger partial charge in [0.2, 0.25) is 0 Å². The fraction of sp³-hybridized carbons (Fsp3) is 0.667. The minimum Gasteiger partial charge on any atom is -0.303 e. The minimum absolute atomic E-state index is 0.246. The zero-order chi connectivity index (χ0) is 16.5. The third-order valence-electron chi connectivity index (χ3n) is 3.93. The van der Waals surface area contributed by atoms with Crippen molar-refractivity contribution in [3.05, 3.63) is 39.9 Å². The molecule has 1 aromatic carbocycles. The van der Waals surface area contributed by atoms with Gasteiger partial charge < -0.3 is 4.90 Å². The van der Waals surface area contributed by atoms with Crippen molar-refractivity contribution in [2.45, 2.75) is 47.0 Å². The third-order valence-corrected chi connectivity index (χ3v) is 3.93. The molecule has 0 aromatic heterocycles. The zero-order valence-corrected chi connectivity index (χ0v) is 14.4. The predicted molar refractivity (Wildman–Crippen MR) is 92.2 cm³/mol. The van der Waals surface area contributed by atoms with Crippen molar-refractivity contribution >= 4 is 5.69 Å². The number of hydrogen-bond donors (Lipinski definition) is 0. The molecule has 0 bridgehead atoms. The van der Waals surface area contributed by atoms with Crippen molar-refractivity contribution in [3.63, 3.8) is 0 Å². The molecule has 0 atom stereocenters. The van der Waals surface area contributed by atoms with Crippen LogP contribution in [0.4, 0.5) is 5.69 Å². The van der Waals surface area contributed by atoms with Gasteiger partial charge in [-0.15, -0.1) is 0 Å². The summed E-state index contributed by atoms with van der Waals surface area (Å²) >= 11 is 0. The van der Waals surface area contributed by atoms with Crippen LogP contribution in [0.1, 0.15) is 46.1 Å². The van der Waals surface area contributed by atoms with Gasteiger partial charge in [0.15, 0.2) is 0 Å². The molecule has 0 spiro atoms. The van der Waals surface area contributed by atoms with Gasteiger partial charge in [0.05, 0.1) is 4.92 Å². The van der Waals surface area contributed by atoms with Gasteiger partial charge in [-0.2, -0.15) is 0 Å². The van der Waals surface area contributed by atoms with Gasteiger partial charge in [0, 0.05) is 18.2 Å². The van der Waals surface area contributed by atoms with Crippen LogP contribution < -0.4 is 0 Å². The van der Waals surface area contributed by atoms with Crippen LogP contribution in [0.5, 0.6) is 0 Å². The first kappa shape index (κ1) is 18.6. The highest BCUT2D eigenvalue weighted by molar-refractivity contribution is 5.39. The first-order valence-corrected chi connectivity index (χ1v) is 8.34. The average Bonchev–Trinajstić information content (AvgIpc) is 2.46. The predicted octanol–water partition coefficient (Wildman–Crippen LogP) is 4.53. The van der Waals surface area contributed by atoms with Gasteiger partial charge in [-0.25, -0.2) is 0 Å². The molecule has 4 heteroatoms. The molecule has 0 fully saturated rings. The Kier molecular flexibility index (Phi) is 8.10. The summed E-state index contributed by atoms with van der Waals surface area (Å²) in [5.74, 6) is 1.38. The second-order valence-corrected chi connectivity index (χ2v) is 6.84. The highest BCUT2D eigenvalue weighted by Crippen LogP contribution is 2.18. The number of para-hydroxylation sites is 1. The van der Waals surface area contributed by atoms with Crippen LogP contribution in [-0.4, -0.2) is 29.5 Å². The molecule has 0 amide bonds. The molecule has 22 heavy (non-hydrogen) atoms. The molecular formula is C18H30N2O2. The summed E-state index contributed by atoms with van der Waals surface area (Å²) in [6, 6.07) is 7.09. The highest BCUT2D eigenvalue weighted by atomic mass is 16.6. The van der Waals surface area contributed by atoms with Gasteiger partial charge in [-0.3, -0.25) is 10.1 Å². The van der Waals surface area contributed by atoms with Crippen LogP contribution in [0.2, 0.25) is 0 Å². The van der Waals surface area contributed by atoms with Crippen molar-refractivity contribution in [1.82, 2.24) is 4.90 Å². The van der Waals surface area contributed by atoms with Crippen molar-refractivity contribution in [1.29, 1.82) is 0 Å². The summed E-state index contributed by atoms with van der Waals surface area (Å²) in [6.45, 7) is 12.0. The van der Waals surface area contributed by atoms with Gasteiger partial charge in [-0.05, 0) is 44.2 Å². The second-order valence-electron chi connectivity index (χ2n) is 6.84. The van der Waals surface area contributed by atoms with Crippen LogP contribution in [0.3, 0.4) is 0 Å². The molecule has 0 saturated carbocycles. The van der Waals surface area contributed by atoms with E-state index in [-0.39, 0.29) is 10.6 Å². The Labute approximate surface area is 134 Å². The maximum atomic E-state index is 11.1. The van der Waals surface area contributed by atoms with Crippen LogP contribution >= 0.6 is 0 Å². The first-order chi connectivity index (χ1) is 10.4. The number of hydrogen-bond acceptors (Lipinski definition) is 3. The molecule has 0 N–H and O–H groups in total. The SMILES string of the molecule is CC(C)CCN(CCc1ccccc1[N+](=O)[O-])CCC(C)C. The molecule has 124 valence electrons. The lowest BCUT2D eigenvalue weighted by Crippen LogP contribution is -2.30. The van der Waals surface area contributed by atoms with Gasteiger partial charge in [0.1, 0.15) is 0 Å². The van der Waals surface area contributed by atoms with Gasteiger partial charge in [0.25, 0.3) is 5.69 Å². The fourth-order valence-electron chi connectivity index (χ4n) is 2.40. The standard InChI is InChI=1S/C18H30N2O2/c1-15(2)9-12-19(13-10-16(3)4)14-11-17-7-5-6-8-18(17)20(21)22/h5-8,15-16H,9-14H2,1-4H3. The van der Waals surface area contributed by atoms with E-state index >= 15 is 0 Å². The summed E-state index contributed by atoms with van der Waals surface area (Å²) in [5.41, 5.74) is 1.08. The lowest BCUT2D eigenvalue weighted by atomic mass is 10.1. The largest absolute Gasteiger partial charge is 0.303 e. The van der Waals surface area contributed by atoms with Crippen molar-refractivity contribution in [2.75, 3.05) is 19.6 Å². The molecule has 1 aromatic rings. The van der Waals surface area contributed by atoms with Crippen LogP contribution in [0.15, 0.2) is 24.3 Å². The van der Waals surface area contributed by atoms with E-state index in [2.05, 4.69) is 32.6 Å². The smallest absolute Gasteiger partial charge is 0.272 e. The quantitative estimate of drug-likeness (QED) is 0.471. The molecule has 0 aliphatic rings. The lowest BCUT2D eigenvalue weighted by molar-refractivity contribution is -0.385. The molecular weight excluding hydrogens is 276 g/mol. The maximum absolute atomic E-state index is 11.1. The monoisotopic (exact) mass is 306 g/mol. The molecule has 0 saturated heterocycles. The topological polar surface area (TPSA) is 46.4 Å². The molecule has 0 unspecified atom stereocenters. The maximum Gasteiger partial charge on any atom is 0.272 e. The lowest BCUT2D eigenvalue weighted by Gasteiger charge is -2.24.